The minimum absolute atomic E-state index is 0.410. The van der Waals surface area contributed by atoms with Crippen molar-refractivity contribution in [1.29, 1.82) is 0 Å². The molecule has 0 aliphatic heterocycles. The second kappa shape index (κ2) is 5.45. The summed E-state index contributed by atoms with van der Waals surface area (Å²) >= 11 is 0. The van der Waals surface area contributed by atoms with Crippen LogP contribution in [0.25, 0.3) is 0 Å². The van der Waals surface area contributed by atoms with Crippen LogP contribution in [-0.2, 0) is 0 Å². The Hall–Kier alpha value is -0.340. The molecule has 0 aromatic heterocycles. The van der Waals surface area contributed by atoms with Gasteiger partial charge >= 0.3 is 0 Å². The first-order valence-electron chi connectivity index (χ1n) is 3.81. The van der Waals surface area contributed by atoms with Crippen LogP contribution in [0.1, 0.15) is 26.7 Å². The predicted octanol–water partition coefficient (Wildman–Crippen LogP) is 1.27. The number of nitrogens with one attached hydrogen (secondary N) is 1. The molecule has 1 atom stereocenters. The molecule has 0 bridgehead atoms. The average Bonchev–Trinajstić information content (AvgIpc) is 1.99. The first-order valence-corrected chi connectivity index (χ1v) is 3.81. The zero-order valence-electron chi connectivity index (χ0n) is 6.80. The van der Waals surface area contributed by atoms with Crippen molar-refractivity contribution in [3.8, 4) is 0 Å². The lowest BCUT2D eigenvalue weighted by Crippen LogP contribution is -2.35. The van der Waals surface area contributed by atoms with Crippen LogP contribution < -0.4 is 5.32 Å². The Morgan fingerprint density at radius 3 is 2.30 bits per heavy atom. The molecule has 60 valence electrons. The van der Waals surface area contributed by atoms with Crippen LogP contribution in [-0.4, -0.2) is 17.4 Å². The highest BCUT2D eigenvalue weighted by Gasteiger charge is 2.04. The fourth-order valence-electron chi connectivity index (χ4n) is 0.834. The molecule has 0 unspecified atom stereocenters. The molecule has 0 spiro atoms. The molecule has 2 heteroatoms. The van der Waals surface area contributed by atoms with E-state index in [9.17, 15) is 0 Å². The molecule has 0 rings (SSSR count). The summed E-state index contributed by atoms with van der Waals surface area (Å²) in [5.74, 6) is 0. The zero-order valence-corrected chi connectivity index (χ0v) is 6.80. The summed E-state index contributed by atoms with van der Waals surface area (Å²) in [5.41, 5.74) is 0. The van der Waals surface area contributed by atoms with Crippen LogP contribution in [0, 0.1) is 0 Å². The Morgan fingerprint density at radius 1 is 1.50 bits per heavy atom. The molecular formula is C8H17NO. The second-order valence-corrected chi connectivity index (χ2v) is 2.36. The van der Waals surface area contributed by atoms with Gasteiger partial charge in [-0.1, -0.05) is 20.4 Å². The van der Waals surface area contributed by atoms with Crippen molar-refractivity contribution < 1.29 is 5.11 Å². The van der Waals surface area contributed by atoms with E-state index in [2.05, 4.69) is 25.7 Å². The number of hydrogen-bond acceptors (Lipinski definition) is 2. The van der Waals surface area contributed by atoms with E-state index in [0.717, 1.165) is 12.8 Å². The standard InChI is InChI=1S/C8H17NO/c1-4-7(5-2)9-8(10)6-3/h6-10H,3-5H2,1-2H3/t8-/m0/s1. The Balaban J connectivity index is 3.51. The maximum atomic E-state index is 9.06. The third-order valence-electron chi connectivity index (χ3n) is 1.62. The first-order chi connectivity index (χ1) is 4.74. The van der Waals surface area contributed by atoms with E-state index in [1.807, 2.05) is 0 Å². The van der Waals surface area contributed by atoms with Crippen LogP contribution in [0.4, 0.5) is 0 Å². The van der Waals surface area contributed by atoms with E-state index in [1.165, 1.54) is 6.08 Å². The van der Waals surface area contributed by atoms with Crippen molar-refractivity contribution in [2.45, 2.75) is 39.0 Å². The van der Waals surface area contributed by atoms with Crippen molar-refractivity contribution in [3.05, 3.63) is 12.7 Å². The maximum Gasteiger partial charge on any atom is 0.124 e. The van der Waals surface area contributed by atoms with Crippen LogP contribution in [0.3, 0.4) is 0 Å². The van der Waals surface area contributed by atoms with Crippen LogP contribution in [0.2, 0.25) is 0 Å². The molecule has 0 heterocycles. The number of aliphatic hydroxyl groups is 1. The average molecular weight is 143 g/mol. The molecule has 0 aromatic carbocycles. The van der Waals surface area contributed by atoms with Gasteiger partial charge in [-0.3, -0.25) is 5.32 Å². The van der Waals surface area contributed by atoms with Gasteiger partial charge in [-0.2, -0.15) is 0 Å². The van der Waals surface area contributed by atoms with Gasteiger partial charge in [-0.05, 0) is 18.9 Å². The highest BCUT2D eigenvalue weighted by Crippen LogP contribution is 1.96. The number of rotatable bonds is 5. The van der Waals surface area contributed by atoms with Gasteiger partial charge in [0.15, 0.2) is 0 Å². The Morgan fingerprint density at radius 2 is 2.00 bits per heavy atom. The molecule has 2 N–H and O–H groups in total. The van der Waals surface area contributed by atoms with Crippen LogP contribution in [0.15, 0.2) is 12.7 Å². The molecule has 0 aromatic rings. The topological polar surface area (TPSA) is 32.3 Å². The van der Waals surface area contributed by atoms with E-state index in [0.29, 0.717) is 6.04 Å². The highest BCUT2D eigenvalue weighted by molar-refractivity contribution is 4.78. The van der Waals surface area contributed by atoms with Gasteiger partial charge in [0.25, 0.3) is 0 Å². The largest absolute Gasteiger partial charge is 0.375 e. The van der Waals surface area contributed by atoms with Gasteiger partial charge in [-0.15, -0.1) is 0 Å². The Bertz CT molecular complexity index is 89.3. The minimum Gasteiger partial charge on any atom is -0.375 e. The van der Waals surface area contributed by atoms with Crippen molar-refractivity contribution in [2.24, 2.45) is 0 Å². The van der Waals surface area contributed by atoms with E-state index in [1.54, 1.807) is 0 Å². The van der Waals surface area contributed by atoms with E-state index in [4.69, 9.17) is 5.11 Å². The summed E-state index contributed by atoms with van der Waals surface area (Å²) in [4.78, 5) is 0. The molecule has 0 radical (unpaired) electrons. The lowest BCUT2D eigenvalue weighted by atomic mass is 10.2. The summed E-state index contributed by atoms with van der Waals surface area (Å²) in [7, 11) is 0. The van der Waals surface area contributed by atoms with Crippen LogP contribution in [0.5, 0.6) is 0 Å². The fraction of sp³-hybridized carbons (Fsp3) is 0.750. The van der Waals surface area contributed by atoms with Crippen LogP contribution >= 0.6 is 0 Å². The molecule has 0 saturated heterocycles. The number of aliphatic hydroxyl groups excluding tert-OH is 1. The Labute approximate surface area is 62.9 Å². The zero-order chi connectivity index (χ0) is 7.98. The van der Waals surface area contributed by atoms with Gasteiger partial charge in [0.05, 0.1) is 0 Å². The predicted molar refractivity (Wildman–Crippen MR) is 43.7 cm³/mol. The highest BCUT2D eigenvalue weighted by atomic mass is 16.3. The molecule has 0 amide bonds. The molecule has 2 nitrogen and oxygen atoms in total. The number of hydrogen-bond donors (Lipinski definition) is 2. The normalized spacial score (nSPS) is 13.6. The van der Waals surface area contributed by atoms with E-state index >= 15 is 0 Å². The fourth-order valence-corrected chi connectivity index (χ4v) is 0.834. The first kappa shape index (κ1) is 9.66. The molecule has 10 heavy (non-hydrogen) atoms. The summed E-state index contributed by atoms with van der Waals surface area (Å²) in [6, 6.07) is 0.410. The molecule has 0 aliphatic rings. The summed E-state index contributed by atoms with van der Waals surface area (Å²) < 4.78 is 0. The van der Waals surface area contributed by atoms with Gasteiger partial charge < -0.3 is 5.11 Å². The quantitative estimate of drug-likeness (QED) is 0.448. The van der Waals surface area contributed by atoms with Crippen molar-refractivity contribution >= 4 is 0 Å². The smallest absolute Gasteiger partial charge is 0.124 e. The van der Waals surface area contributed by atoms with Gasteiger partial charge in [-0.25, -0.2) is 0 Å². The molecule has 0 fully saturated rings. The van der Waals surface area contributed by atoms with Gasteiger partial charge in [0, 0.05) is 6.04 Å². The van der Waals surface area contributed by atoms with E-state index < -0.39 is 6.23 Å². The van der Waals surface area contributed by atoms with Gasteiger partial charge in [0.2, 0.25) is 0 Å². The van der Waals surface area contributed by atoms with Crippen molar-refractivity contribution in [1.82, 2.24) is 5.32 Å². The third-order valence-corrected chi connectivity index (χ3v) is 1.62. The minimum atomic E-state index is -0.551. The lowest BCUT2D eigenvalue weighted by Gasteiger charge is -2.16. The summed E-state index contributed by atoms with van der Waals surface area (Å²) in [5, 5.41) is 12.1. The molecule has 0 aliphatic carbocycles. The monoisotopic (exact) mass is 143 g/mol. The maximum absolute atomic E-state index is 9.06. The van der Waals surface area contributed by atoms with Crippen molar-refractivity contribution in [2.75, 3.05) is 0 Å². The lowest BCUT2D eigenvalue weighted by molar-refractivity contribution is 0.165. The SMILES string of the molecule is C=C[C@H](O)NC(CC)CC. The summed E-state index contributed by atoms with van der Waals surface area (Å²) in [6.45, 7) is 7.66. The van der Waals surface area contributed by atoms with Crippen molar-refractivity contribution in [3.63, 3.8) is 0 Å². The third kappa shape index (κ3) is 3.64. The molecular weight excluding hydrogens is 126 g/mol. The second-order valence-electron chi connectivity index (χ2n) is 2.36. The Kier molecular flexibility index (Phi) is 5.26. The summed E-state index contributed by atoms with van der Waals surface area (Å²) in [6.07, 6.45) is 3.03. The van der Waals surface area contributed by atoms with E-state index in [-0.39, 0.29) is 0 Å². The molecule has 0 saturated carbocycles. The van der Waals surface area contributed by atoms with Gasteiger partial charge in [0.1, 0.15) is 6.23 Å².